The standard InChI is InChI=1S/C54H42N2/c1-53(2)44-31-38(35-15-7-5-8-16-35)25-29-50(44)56-51-30-26-39(36-17-9-6-10-18-36)32-45(51)54(3,4)47-34-40(33-46(53)52(47)56)37-23-27-41(28-24-37)55-48-21-13-11-19-42(48)43-20-12-14-22-49(43)55/h5-34H,1-4H3. The Morgan fingerprint density at radius 3 is 1.21 bits per heavy atom. The molecule has 0 N–H and O–H groups in total. The fourth-order valence-electron chi connectivity index (χ4n) is 9.74. The van der Waals surface area contributed by atoms with E-state index in [9.17, 15) is 0 Å². The molecule has 0 aliphatic carbocycles. The van der Waals surface area contributed by atoms with Crippen LogP contribution in [0.5, 0.6) is 0 Å². The van der Waals surface area contributed by atoms with Crippen molar-refractivity contribution >= 4 is 38.9 Å². The Morgan fingerprint density at radius 1 is 0.339 bits per heavy atom. The number of hydrogen-bond acceptors (Lipinski definition) is 1. The number of fused-ring (bicyclic) bond motifs is 7. The van der Waals surface area contributed by atoms with Crippen molar-refractivity contribution in [2.45, 2.75) is 38.5 Å². The third-order valence-corrected chi connectivity index (χ3v) is 12.8. The molecule has 2 aliphatic rings. The summed E-state index contributed by atoms with van der Waals surface area (Å²) < 4.78 is 2.40. The monoisotopic (exact) mass is 718 g/mol. The molecule has 0 unspecified atom stereocenters. The Kier molecular flexibility index (Phi) is 6.98. The Balaban J connectivity index is 1.12. The normalized spacial score (nSPS) is 14.7. The summed E-state index contributed by atoms with van der Waals surface area (Å²) in [7, 11) is 0. The molecule has 0 bridgehead atoms. The van der Waals surface area contributed by atoms with Gasteiger partial charge in [0.2, 0.25) is 0 Å². The first-order valence-electron chi connectivity index (χ1n) is 19.8. The van der Waals surface area contributed by atoms with E-state index in [1.165, 1.54) is 100 Å². The first-order chi connectivity index (χ1) is 27.3. The lowest BCUT2D eigenvalue weighted by Crippen LogP contribution is -2.38. The van der Waals surface area contributed by atoms with Gasteiger partial charge < -0.3 is 9.47 Å². The van der Waals surface area contributed by atoms with Crippen molar-refractivity contribution in [3.63, 3.8) is 0 Å². The summed E-state index contributed by atoms with van der Waals surface area (Å²) in [6, 6.07) is 67.5. The Hall–Kier alpha value is -6.64. The van der Waals surface area contributed by atoms with E-state index in [0.29, 0.717) is 0 Å². The number of benzene rings is 8. The van der Waals surface area contributed by atoms with Crippen molar-refractivity contribution in [2.75, 3.05) is 4.90 Å². The number of para-hydroxylation sites is 2. The highest BCUT2D eigenvalue weighted by Gasteiger charge is 2.46. The number of nitrogens with zero attached hydrogens (tertiary/aromatic N) is 2. The molecular weight excluding hydrogens is 677 g/mol. The van der Waals surface area contributed by atoms with Crippen molar-refractivity contribution in [3.05, 3.63) is 204 Å². The van der Waals surface area contributed by atoms with E-state index in [1.807, 2.05) is 0 Å². The molecule has 0 radical (unpaired) electrons. The molecular formula is C54H42N2. The van der Waals surface area contributed by atoms with Crippen LogP contribution in [0.3, 0.4) is 0 Å². The molecule has 0 saturated carbocycles. The predicted molar refractivity (Wildman–Crippen MR) is 236 cm³/mol. The van der Waals surface area contributed by atoms with Gasteiger partial charge in [-0.05, 0) is 116 Å². The van der Waals surface area contributed by atoms with Crippen molar-refractivity contribution in [3.8, 4) is 39.1 Å². The van der Waals surface area contributed by atoms with E-state index < -0.39 is 0 Å². The molecule has 268 valence electrons. The van der Waals surface area contributed by atoms with Crippen LogP contribution in [0, 0.1) is 0 Å². The average molecular weight is 719 g/mol. The molecule has 0 amide bonds. The van der Waals surface area contributed by atoms with E-state index in [1.54, 1.807) is 0 Å². The fourth-order valence-corrected chi connectivity index (χ4v) is 9.74. The van der Waals surface area contributed by atoms with Gasteiger partial charge in [0.1, 0.15) is 0 Å². The largest absolute Gasteiger partial charge is 0.309 e. The van der Waals surface area contributed by atoms with Crippen molar-refractivity contribution in [1.82, 2.24) is 4.57 Å². The maximum atomic E-state index is 2.57. The van der Waals surface area contributed by atoms with Gasteiger partial charge in [0.05, 0.1) is 28.1 Å². The predicted octanol–water partition coefficient (Wildman–Crippen LogP) is 14.5. The summed E-state index contributed by atoms with van der Waals surface area (Å²) in [5.41, 5.74) is 19.8. The summed E-state index contributed by atoms with van der Waals surface area (Å²) in [5, 5.41) is 2.56. The van der Waals surface area contributed by atoms with Gasteiger partial charge in [-0.3, -0.25) is 0 Å². The van der Waals surface area contributed by atoms with E-state index in [2.05, 4.69) is 219 Å². The van der Waals surface area contributed by atoms with Gasteiger partial charge in [-0.25, -0.2) is 0 Å². The van der Waals surface area contributed by atoms with Crippen LogP contribution in [-0.4, -0.2) is 4.57 Å². The lowest BCUT2D eigenvalue weighted by molar-refractivity contribution is 0.598. The quantitative estimate of drug-likeness (QED) is 0.176. The number of aromatic nitrogens is 1. The first-order valence-corrected chi connectivity index (χ1v) is 19.8. The summed E-state index contributed by atoms with van der Waals surface area (Å²) in [5.74, 6) is 0. The Morgan fingerprint density at radius 2 is 0.732 bits per heavy atom. The van der Waals surface area contributed by atoms with Gasteiger partial charge in [0.25, 0.3) is 0 Å². The third kappa shape index (κ3) is 4.69. The molecule has 0 atom stereocenters. The van der Waals surface area contributed by atoms with Crippen LogP contribution in [0.4, 0.5) is 17.1 Å². The number of hydrogen-bond donors (Lipinski definition) is 0. The minimum Gasteiger partial charge on any atom is -0.309 e. The van der Waals surface area contributed by atoms with E-state index in [4.69, 9.17) is 0 Å². The molecule has 56 heavy (non-hydrogen) atoms. The van der Waals surface area contributed by atoms with E-state index in [-0.39, 0.29) is 10.8 Å². The van der Waals surface area contributed by atoms with Gasteiger partial charge in [0, 0.05) is 27.3 Å². The van der Waals surface area contributed by atoms with Crippen LogP contribution in [-0.2, 0) is 10.8 Å². The SMILES string of the molecule is CC1(C)c2cc(-c3ccccc3)ccc2N2c3ccc(-c4ccccc4)cc3C(C)(C)c3cc(-c4ccc(-n5c6ccccc6c6ccccc65)cc4)cc1c32. The summed E-state index contributed by atoms with van der Waals surface area (Å²) in [6.45, 7) is 9.68. The fraction of sp³-hybridized carbons (Fsp3) is 0.111. The highest BCUT2D eigenvalue weighted by atomic mass is 15.2. The second-order valence-corrected chi connectivity index (χ2v) is 16.6. The van der Waals surface area contributed by atoms with Gasteiger partial charge in [0.15, 0.2) is 0 Å². The lowest BCUT2D eigenvalue weighted by atomic mass is 9.65. The lowest BCUT2D eigenvalue weighted by Gasteiger charge is -2.50. The van der Waals surface area contributed by atoms with E-state index >= 15 is 0 Å². The average Bonchev–Trinajstić information content (AvgIpc) is 3.58. The molecule has 1 aromatic heterocycles. The number of rotatable bonds is 4. The summed E-state index contributed by atoms with van der Waals surface area (Å²) in [4.78, 5) is 2.57. The van der Waals surface area contributed by atoms with Gasteiger partial charge in [-0.15, -0.1) is 0 Å². The second kappa shape index (κ2) is 11.9. The molecule has 2 nitrogen and oxygen atoms in total. The Bertz CT molecular complexity index is 2820. The van der Waals surface area contributed by atoms with Gasteiger partial charge in [-0.2, -0.15) is 0 Å². The van der Waals surface area contributed by atoms with Crippen LogP contribution in [0.2, 0.25) is 0 Å². The highest BCUT2D eigenvalue weighted by molar-refractivity contribution is 6.09. The highest BCUT2D eigenvalue weighted by Crippen LogP contribution is 2.61. The maximum Gasteiger partial charge on any atom is 0.0544 e. The minimum absolute atomic E-state index is 0.253. The molecule has 8 aromatic carbocycles. The molecule has 0 fully saturated rings. The molecule has 0 saturated heterocycles. The van der Waals surface area contributed by atoms with Gasteiger partial charge in [-0.1, -0.05) is 149 Å². The number of anilines is 3. The zero-order valence-corrected chi connectivity index (χ0v) is 32.2. The first kappa shape index (κ1) is 32.8. The van der Waals surface area contributed by atoms with Crippen LogP contribution in [0.25, 0.3) is 60.9 Å². The molecule has 3 heterocycles. The smallest absolute Gasteiger partial charge is 0.0544 e. The minimum atomic E-state index is -0.253. The van der Waals surface area contributed by atoms with E-state index in [0.717, 1.165) is 0 Å². The van der Waals surface area contributed by atoms with Crippen LogP contribution >= 0.6 is 0 Å². The molecule has 2 heteroatoms. The Labute approximate surface area is 328 Å². The topological polar surface area (TPSA) is 8.17 Å². The molecule has 2 aliphatic heterocycles. The maximum absolute atomic E-state index is 2.57. The van der Waals surface area contributed by atoms with Crippen molar-refractivity contribution in [1.29, 1.82) is 0 Å². The van der Waals surface area contributed by atoms with Gasteiger partial charge >= 0.3 is 0 Å². The third-order valence-electron chi connectivity index (χ3n) is 12.8. The van der Waals surface area contributed by atoms with Crippen LogP contribution in [0.15, 0.2) is 182 Å². The molecule has 0 spiro atoms. The van der Waals surface area contributed by atoms with Crippen LogP contribution in [0.1, 0.15) is 49.9 Å². The summed E-state index contributed by atoms with van der Waals surface area (Å²) in [6.07, 6.45) is 0. The molecule has 11 rings (SSSR count). The van der Waals surface area contributed by atoms with Crippen LogP contribution < -0.4 is 4.90 Å². The molecule has 9 aromatic rings. The van der Waals surface area contributed by atoms with Crippen molar-refractivity contribution < 1.29 is 0 Å². The zero-order chi connectivity index (χ0) is 37.8. The van der Waals surface area contributed by atoms with Crippen molar-refractivity contribution in [2.24, 2.45) is 0 Å². The zero-order valence-electron chi connectivity index (χ0n) is 32.2. The summed E-state index contributed by atoms with van der Waals surface area (Å²) >= 11 is 0. The second-order valence-electron chi connectivity index (χ2n) is 16.6.